The Morgan fingerprint density at radius 2 is 1.70 bits per heavy atom. The zero-order valence-electron chi connectivity index (χ0n) is 15.1. The Balaban J connectivity index is 1.98. The third kappa shape index (κ3) is 4.35. The second-order valence-corrected chi connectivity index (χ2v) is 6.90. The number of hydrogen-bond donors (Lipinski definition) is 1. The van der Waals surface area contributed by atoms with Crippen LogP contribution in [-0.4, -0.2) is 39.9 Å². The number of pyridine rings is 1. The molecule has 3 aromatic rings. The minimum atomic E-state index is 0.294. The molecule has 3 rings (SSSR count). The molecule has 0 aliphatic heterocycles. The maximum atomic E-state index is 6.29. The molecule has 0 aliphatic rings. The Morgan fingerprint density at radius 3 is 2.37 bits per heavy atom. The van der Waals surface area contributed by atoms with Crippen LogP contribution in [0.3, 0.4) is 0 Å². The summed E-state index contributed by atoms with van der Waals surface area (Å²) in [7, 11) is 3.61. The Hall–Kier alpha value is -2.70. The van der Waals surface area contributed by atoms with Gasteiger partial charge < -0.3 is 10.6 Å². The summed E-state index contributed by atoms with van der Waals surface area (Å²) in [6.07, 6.45) is 1.65. The molecule has 1 aromatic carbocycles. The summed E-state index contributed by atoms with van der Waals surface area (Å²) in [5.41, 5.74) is 9.84. The first kappa shape index (κ1) is 19.1. The standard InChI is InChI=1S/C19H18Cl2N6/c1-11-13(17-8-9-23-19(25-17)26-18(22)27(2)3)6-7-16(24-11)14-5-4-12(20)10-15(14)21/h4-10H,1-3H3,(H2,22,23,25,26). The van der Waals surface area contributed by atoms with E-state index in [9.17, 15) is 0 Å². The van der Waals surface area contributed by atoms with Crippen molar-refractivity contribution in [1.82, 2.24) is 19.9 Å². The van der Waals surface area contributed by atoms with E-state index < -0.39 is 0 Å². The molecule has 2 N–H and O–H groups in total. The van der Waals surface area contributed by atoms with E-state index in [2.05, 4.69) is 19.9 Å². The van der Waals surface area contributed by atoms with Crippen LogP contribution in [0.5, 0.6) is 0 Å². The zero-order chi connectivity index (χ0) is 19.6. The van der Waals surface area contributed by atoms with Crippen molar-refractivity contribution in [2.75, 3.05) is 14.1 Å². The van der Waals surface area contributed by atoms with Crippen LogP contribution in [0.25, 0.3) is 22.5 Å². The van der Waals surface area contributed by atoms with E-state index in [1.165, 1.54) is 0 Å². The third-order valence-electron chi connectivity index (χ3n) is 3.88. The summed E-state index contributed by atoms with van der Waals surface area (Å²) in [4.78, 5) is 19.2. The van der Waals surface area contributed by atoms with Crippen LogP contribution < -0.4 is 5.73 Å². The molecular formula is C19H18Cl2N6. The van der Waals surface area contributed by atoms with Crippen molar-refractivity contribution < 1.29 is 0 Å². The van der Waals surface area contributed by atoms with Gasteiger partial charge in [0.25, 0.3) is 5.95 Å². The Bertz CT molecular complexity index is 1020. The minimum Gasteiger partial charge on any atom is -0.369 e. The van der Waals surface area contributed by atoms with E-state index >= 15 is 0 Å². The lowest BCUT2D eigenvalue weighted by atomic mass is 10.1. The van der Waals surface area contributed by atoms with E-state index in [-0.39, 0.29) is 0 Å². The number of aromatic nitrogens is 3. The third-order valence-corrected chi connectivity index (χ3v) is 4.43. The molecule has 0 saturated heterocycles. The van der Waals surface area contributed by atoms with Crippen molar-refractivity contribution in [2.24, 2.45) is 10.7 Å². The van der Waals surface area contributed by atoms with Gasteiger partial charge in [-0.3, -0.25) is 4.98 Å². The molecule has 2 aromatic heterocycles. The van der Waals surface area contributed by atoms with Crippen molar-refractivity contribution in [3.8, 4) is 22.5 Å². The quantitative estimate of drug-likeness (QED) is 0.522. The van der Waals surface area contributed by atoms with Gasteiger partial charge in [0.05, 0.1) is 16.4 Å². The molecule has 0 unspecified atom stereocenters. The molecule has 0 saturated carbocycles. The Kier molecular flexibility index (Phi) is 5.58. The zero-order valence-corrected chi connectivity index (χ0v) is 16.6. The molecule has 138 valence electrons. The van der Waals surface area contributed by atoms with Gasteiger partial charge in [-0.25, -0.2) is 9.97 Å². The van der Waals surface area contributed by atoms with Crippen LogP contribution in [0.15, 0.2) is 47.6 Å². The fraction of sp³-hybridized carbons (Fsp3) is 0.158. The van der Waals surface area contributed by atoms with Crippen LogP contribution in [0.4, 0.5) is 5.95 Å². The molecule has 0 amide bonds. The van der Waals surface area contributed by atoms with Crippen molar-refractivity contribution >= 4 is 35.1 Å². The van der Waals surface area contributed by atoms with E-state index in [1.807, 2.05) is 31.2 Å². The van der Waals surface area contributed by atoms with Crippen LogP contribution in [0.1, 0.15) is 5.69 Å². The van der Waals surface area contributed by atoms with Crippen molar-refractivity contribution in [2.45, 2.75) is 6.92 Å². The average Bonchev–Trinajstić information content (AvgIpc) is 2.61. The van der Waals surface area contributed by atoms with Gasteiger partial charge >= 0.3 is 0 Å². The van der Waals surface area contributed by atoms with Gasteiger partial charge in [-0.1, -0.05) is 23.2 Å². The van der Waals surface area contributed by atoms with Crippen molar-refractivity contribution in [3.63, 3.8) is 0 Å². The van der Waals surface area contributed by atoms with E-state index in [0.29, 0.717) is 27.6 Å². The normalized spacial score (nSPS) is 11.5. The molecule has 0 atom stereocenters. The number of benzene rings is 1. The summed E-state index contributed by atoms with van der Waals surface area (Å²) >= 11 is 12.3. The highest BCUT2D eigenvalue weighted by Crippen LogP contribution is 2.31. The highest BCUT2D eigenvalue weighted by atomic mass is 35.5. The summed E-state index contributed by atoms with van der Waals surface area (Å²) in [5, 5.41) is 1.14. The van der Waals surface area contributed by atoms with Crippen molar-refractivity contribution in [1.29, 1.82) is 0 Å². The molecule has 27 heavy (non-hydrogen) atoms. The lowest BCUT2D eigenvalue weighted by Gasteiger charge is -2.11. The maximum Gasteiger partial charge on any atom is 0.253 e. The molecule has 0 spiro atoms. The largest absolute Gasteiger partial charge is 0.369 e. The van der Waals surface area contributed by atoms with Crippen molar-refractivity contribution in [3.05, 3.63) is 58.3 Å². The summed E-state index contributed by atoms with van der Waals surface area (Å²) < 4.78 is 0. The number of aryl methyl sites for hydroxylation is 1. The molecule has 8 heteroatoms. The molecule has 6 nitrogen and oxygen atoms in total. The Morgan fingerprint density at radius 1 is 1.00 bits per heavy atom. The van der Waals surface area contributed by atoms with Gasteiger partial charge in [0, 0.05) is 42.1 Å². The van der Waals surface area contributed by atoms with E-state index in [0.717, 1.165) is 22.5 Å². The van der Waals surface area contributed by atoms with Gasteiger partial charge in [-0.15, -0.1) is 0 Å². The second-order valence-electron chi connectivity index (χ2n) is 6.06. The van der Waals surface area contributed by atoms with Gasteiger partial charge in [-0.2, -0.15) is 4.99 Å². The first-order chi connectivity index (χ1) is 12.8. The first-order valence-electron chi connectivity index (χ1n) is 8.13. The van der Waals surface area contributed by atoms with Gasteiger partial charge in [0.1, 0.15) is 0 Å². The highest BCUT2D eigenvalue weighted by Gasteiger charge is 2.11. The number of nitrogens with zero attached hydrogens (tertiary/aromatic N) is 5. The summed E-state index contributed by atoms with van der Waals surface area (Å²) in [6, 6.07) is 11.0. The minimum absolute atomic E-state index is 0.294. The second kappa shape index (κ2) is 7.90. The van der Waals surface area contributed by atoms with E-state index in [1.54, 1.807) is 37.3 Å². The average molecular weight is 401 g/mol. The predicted octanol–water partition coefficient (Wildman–Crippen LogP) is 4.33. The summed E-state index contributed by atoms with van der Waals surface area (Å²) in [5.74, 6) is 0.623. The fourth-order valence-electron chi connectivity index (χ4n) is 2.43. The van der Waals surface area contributed by atoms with Gasteiger partial charge in [-0.05, 0) is 43.3 Å². The lowest BCUT2D eigenvalue weighted by molar-refractivity contribution is 0.614. The van der Waals surface area contributed by atoms with Crippen LogP contribution in [0, 0.1) is 6.92 Å². The van der Waals surface area contributed by atoms with Gasteiger partial charge in [0.2, 0.25) is 0 Å². The van der Waals surface area contributed by atoms with E-state index in [4.69, 9.17) is 28.9 Å². The first-order valence-corrected chi connectivity index (χ1v) is 8.88. The molecule has 0 aliphatic carbocycles. The van der Waals surface area contributed by atoms with Gasteiger partial charge in [0.15, 0.2) is 5.96 Å². The fourth-order valence-corrected chi connectivity index (χ4v) is 2.94. The number of hydrogen-bond acceptors (Lipinski definition) is 4. The predicted molar refractivity (Wildman–Crippen MR) is 110 cm³/mol. The number of halogens is 2. The number of rotatable bonds is 3. The molecule has 0 radical (unpaired) electrons. The van der Waals surface area contributed by atoms with Crippen LogP contribution in [0.2, 0.25) is 10.0 Å². The monoisotopic (exact) mass is 400 g/mol. The molecule has 0 fully saturated rings. The number of nitrogens with two attached hydrogens (primary N) is 1. The molecular weight excluding hydrogens is 383 g/mol. The topological polar surface area (TPSA) is 80.3 Å². The lowest BCUT2D eigenvalue weighted by Crippen LogP contribution is -2.30. The Labute approximate surface area is 167 Å². The van der Waals surface area contributed by atoms with Crippen LogP contribution in [-0.2, 0) is 0 Å². The smallest absolute Gasteiger partial charge is 0.253 e. The maximum absolute atomic E-state index is 6.29. The number of aliphatic imine (C=N–C) groups is 1. The SMILES string of the molecule is Cc1nc(-c2ccc(Cl)cc2Cl)ccc1-c1ccnc(/N=C(/N)N(C)C)n1. The number of guanidine groups is 1. The van der Waals surface area contributed by atoms with Crippen LogP contribution >= 0.6 is 23.2 Å². The summed E-state index contributed by atoms with van der Waals surface area (Å²) in [6.45, 7) is 1.92. The molecule has 0 bridgehead atoms. The highest BCUT2D eigenvalue weighted by molar-refractivity contribution is 6.36. The molecule has 2 heterocycles.